The predicted octanol–water partition coefficient (Wildman–Crippen LogP) is 3.78. The number of hydrogen-bond donors (Lipinski definition) is 1. The zero-order valence-corrected chi connectivity index (χ0v) is 13.0. The lowest BCUT2D eigenvalue weighted by atomic mass is 9.82. The minimum atomic E-state index is -0.664. The topological polar surface area (TPSA) is 55.8 Å². The Morgan fingerprint density at radius 2 is 2.14 bits per heavy atom. The standard InChI is InChI=1S/C12H22O3.C5H6O/c1-2-3-4-5-11-9-15-7-6-10(11)8-12(13)14;1-2-4-6-5-3-1/h10-11H,2-9H2,1H3,(H,13,14);1-4H,5H2. The van der Waals surface area contributed by atoms with Gasteiger partial charge < -0.3 is 14.6 Å². The van der Waals surface area contributed by atoms with Gasteiger partial charge in [-0.25, -0.2) is 0 Å². The fourth-order valence-corrected chi connectivity index (χ4v) is 2.66. The molecule has 1 fully saturated rings. The zero-order valence-electron chi connectivity index (χ0n) is 13.0. The Labute approximate surface area is 127 Å². The molecular formula is C17H28O4. The van der Waals surface area contributed by atoms with E-state index in [0.29, 0.717) is 18.3 Å². The highest BCUT2D eigenvalue weighted by Gasteiger charge is 2.26. The van der Waals surface area contributed by atoms with Crippen LogP contribution in [0, 0.1) is 11.8 Å². The van der Waals surface area contributed by atoms with Crippen LogP contribution in [0.3, 0.4) is 0 Å². The number of allylic oxidation sites excluding steroid dienone is 2. The van der Waals surface area contributed by atoms with Crippen molar-refractivity contribution in [3.05, 3.63) is 24.5 Å². The molecule has 0 radical (unpaired) electrons. The molecule has 0 aromatic rings. The third kappa shape index (κ3) is 8.56. The summed E-state index contributed by atoms with van der Waals surface area (Å²) in [6, 6.07) is 0. The maximum Gasteiger partial charge on any atom is 0.303 e. The van der Waals surface area contributed by atoms with Crippen LogP contribution in [0.5, 0.6) is 0 Å². The number of carbonyl (C=O) groups is 1. The second kappa shape index (κ2) is 11.4. The lowest BCUT2D eigenvalue weighted by Crippen LogP contribution is -2.29. The Hall–Kier alpha value is -1.29. The molecule has 0 aromatic carbocycles. The van der Waals surface area contributed by atoms with Crippen molar-refractivity contribution < 1.29 is 19.4 Å². The van der Waals surface area contributed by atoms with Crippen LogP contribution in [0.2, 0.25) is 0 Å². The third-order valence-corrected chi connectivity index (χ3v) is 3.86. The summed E-state index contributed by atoms with van der Waals surface area (Å²) in [6.07, 6.45) is 13.5. The van der Waals surface area contributed by atoms with Gasteiger partial charge in [0, 0.05) is 19.6 Å². The van der Waals surface area contributed by atoms with Crippen molar-refractivity contribution in [1.29, 1.82) is 0 Å². The van der Waals surface area contributed by atoms with Gasteiger partial charge in [0.1, 0.15) is 6.61 Å². The predicted molar refractivity (Wildman–Crippen MR) is 83.0 cm³/mol. The molecule has 0 bridgehead atoms. The minimum Gasteiger partial charge on any atom is -0.497 e. The van der Waals surface area contributed by atoms with Gasteiger partial charge >= 0.3 is 5.97 Å². The first-order valence-corrected chi connectivity index (χ1v) is 7.96. The van der Waals surface area contributed by atoms with Crippen LogP contribution in [-0.2, 0) is 14.3 Å². The second-order valence-corrected chi connectivity index (χ2v) is 5.57. The summed E-state index contributed by atoms with van der Waals surface area (Å²) < 4.78 is 10.2. The molecule has 2 heterocycles. The van der Waals surface area contributed by atoms with E-state index in [-0.39, 0.29) is 0 Å². The molecule has 0 aliphatic carbocycles. The molecule has 0 saturated carbocycles. The third-order valence-electron chi connectivity index (χ3n) is 3.86. The van der Waals surface area contributed by atoms with Crippen molar-refractivity contribution in [3.8, 4) is 0 Å². The number of hydrogen-bond acceptors (Lipinski definition) is 3. The van der Waals surface area contributed by atoms with Gasteiger partial charge in [0.05, 0.1) is 6.26 Å². The van der Waals surface area contributed by atoms with Crippen LogP contribution < -0.4 is 0 Å². The van der Waals surface area contributed by atoms with Gasteiger partial charge in [-0.15, -0.1) is 0 Å². The summed E-state index contributed by atoms with van der Waals surface area (Å²) in [6.45, 7) is 4.42. The molecule has 0 aromatic heterocycles. The fourth-order valence-electron chi connectivity index (χ4n) is 2.66. The first-order valence-electron chi connectivity index (χ1n) is 7.96. The van der Waals surface area contributed by atoms with Crippen molar-refractivity contribution in [2.45, 2.75) is 45.4 Å². The normalized spacial score (nSPS) is 23.9. The SMILES string of the molecule is C1=CCOC=C1.CCCCCC1COCCC1CC(=O)O. The Balaban J connectivity index is 0.000000304. The Kier molecular flexibility index (Phi) is 9.62. The van der Waals surface area contributed by atoms with Crippen molar-refractivity contribution in [2.24, 2.45) is 11.8 Å². The number of carboxylic acid groups (broad SMARTS) is 1. The van der Waals surface area contributed by atoms with Crippen molar-refractivity contribution in [3.63, 3.8) is 0 Å². The van der Waals surface area contributed by atoms with Crippen LogP contribution in [-0.4, -0.2) is 30.9 Å². The first-order chi connectivity index (χ1) is 10.2. The molecular weight excluding hydrogens is 268 g/mol. The minimum absolute atomic E-state index is 0.320. The smallest absolute Gasteiger partial charge is 0.303 e. The summed E-state index contributed by atoms with van der Waals surface area (Å²) in [7, 11) is 0. The molecule has 2 aliphatic rings. The van der Waals surface area contributed by atoms with E-state index >= 15 is 0 Å². The number of unbranched alkanes of at least 4 members (excludes halogenated alkanes) is 2. The fraction of sp³-hybridized carbons (Fsp3) is 0.706. The van der Waals surface area contributed by atoms with Gasteiger partial charge in [-0.3, -0.25) is 4.79 Å². The van der Waals surface area contributed by atoms with Crippen LogP contribution >= 0.6 is 0 Å². The molecule has 2 aliphatic heterocycles. The molecule has 21 heavy (non-hydrogen) atoms. The number of rotatable bonds is 6. The average molecular weight is 296 g/mol. The van der Waals surface area contributed by atoms with Crippen molar-refractivity contribution >= 4 is 5.97 Å². The van der Waals surface area contributed by atoms with Gasteiger partial charge in [0.15, 0.2) is 0 Å². The summed E-state index contributed by atoms with van der Waals surface area (Å²) in [5.41, 5.74) is 0. The van der Waals surface area contributed by atoms with Gasteiger partial charge in [-0.1, -0.05) is 32.3 Å². The summed E-state index contributed by atoms with van der Waals surface area (Å²) in [5.74, 6) is 0.150. The maximum atomic E-state index is 10.7. The quantitative estimate of drug-likeness (QED) is 0.758. The molecule has 0 amide bonds. The maximum absolute atomic E-state index is 10.7. The largest absolute Gasteiger partial charge is 0.497 e. The molecule has 1 N–H and O–H groups in total. The van der Waals surface area contributed by atoms with E-state index in [4.69, 9.17) is 14.6 Å². The lowest BCUT2D eigenvalue weighted by molar-refractivity contribution is -0.139. The van der Waals surface area contributed by atoms with E-state index in [9.17, 15) is 4.79 Å². The Morgan fingerprint density at radius 1 is 1.29 bits per heavy atom. The van der Waals surface area contributed by atoms with Crippen LogP contribution in [0.15, 0.2) is 24.5 Å². The first kappa shape index (κ1) is 17.8. The van der Waals surface area contributed by atoms with Crippen molar-refractivity contribution in [1.82, 2.24) is 0 Å². The van der Waals surface area contributed by atoms with E-state index in [0.717, 1.165) is 32.7 Å². The van der Waals surface area contributed by atoms with Crippen molar-refractivity contribution in [2.75, 3.05) is 19.8 Å². The highest BCUT2D eigenvalue weighted by atomic mass is 16.5. The second-order valence-electron chi connectivity index (χ2n) is 5.57. The van der Waals surface area contributed by atoms with Gasteiger partial charge in [0.25, 0.3) is 0 Å². The molecule has 2 rings (SSSR count). The van der Waals surface area contributed by atoms with Crippen LogP contribution in [0.25, 0.3) is 0 Å². The van der Waals surface area contributed by atoms with Crippen LogP contribution in [0.1, 0.15) is 45.4 Å². The van der Waals surface area contributed by atoms with E-state index < -0.39 is 5.97 Å². The van der Waals surface area contributed by atoms with E-state index in [1.165, 1.54) is 19.3 Å². The molecule has 4 heteroatoms. The van der Waals surface area contributed by atoms with E-state index in [1.54, 1.807) is 6.26 Å². The van der Waals surface area contributed by atoms with E-state index in [2.05, 4.69) is 6.92 Å². The van der Waals surface area contributed by atoms with Gasteiger partial charge in [-0.05, 0) is 36.8 Å². The lowest BCUT2D eigenvalue weighted by Gasteiger charge is -2.30. The molecule has 2 unspecified atom stereocenters. The van der Waals surface area contributed by atoms with E-state index in [1.807, 2.05) is 18.2 Å². The number of carboxylic acids is 1. The Morgan fingerprint density at radius 3 is 2.67 bits per heavy atom. The highest BCUT2D eigenvalue weighted by Crippen LogP contribution is 2.29. The van der Waals surface area contributed by atoms with Gasteiger partial charge in [0.2, 0.25) is 0 Å². The Bertz CT molecular complexity index is 324. The van der Waals surface area contributed by atoms with Gasteiger partial charge in [-0.2, -0.15) is 0 Å². The molecule has 1 saturated heterocycles. The molecule has 120 valence electrons. The monoisotopic (exact) mass is 296 g/mol. The summed E-state index contributed by atoms with van der Waals surface area (Å²) >= 11 is 0. The summed E-state index contributed by atoms with van der Waals surface area (Å²) in [5, 5.41) is 8.81. The molecule has 4 nitrogen and oxygen atoms in total. The average Bonchev–Trinajstić information content (AvgIpc) is 2.51. The van der Waals surface area contributed by atoms with Crippen LogP contribution in [0.4, 0.5) is 0 Å². The highest BCUT2D eigenvalue weighted by molar-refractivity contribution is 5.67. The molecule has 0 spiro atoms. The summed E-state index contributed by atoms with van der Waals surface area (Å²) in [4.78, 5) is 10.7. The zero-order chi connectivity index (χ0) is 15.3. The molecule has 2 atom stereocenters. The number of aliphatic carboxylic acids is 1. The number of ether oxygens (including phenoxy) is 2.